The SMILES string of the molecule is CCNC(COC(C)(C)C)c1cccc2ccncc12. The van der Waals surface area contributed by atoms with Gasteiger partial charge in [-0.25, -0.2) is 0 Å². The highest BCUT2D eigenvalue weighted by Crippen LogP contribution is 2.25. The predicted molar refractivity (Wildman–Crippen MR) is 83.9 cm³/mol. The number of hydrogen-bond donors (Lipinski definition) is 1. The fraction of sp³-hybridized carbons (Fsp3) is 0.471. The van der Waals surface area contributed by atoms with Crippen molar-refractivity contribution in [2.24, 2.45) is 0 Å². The van der Waals surface area contributed by atoms with Gasteiger partial charge in [-0.1, -0.05) is 25.1 Å². The van der Waals surface area contributed by atoms with Crippen molar-refractivity contribution in [1.82, 2.24) is 10.3 Å². The zero-order valence-corrected chi connectivity index (χ0v) is 12.8. The highest BCUT2D eigenvalue weighted by Gasteiger charge is 2.18. The molecular formula is C17H24N2O. The van der Waals surface area contributed by atoms with Gasteiger partial charge in [-0.3, -0.25) is 4.98 Å². The standard InChI is InChI=1S/C17H24N2O/c1-5-19-16(12-20-17(2,3)4)14-8-6-7-13-9-10-18-11-15(13)14/h6-11,16,19H,5,12H2,1-4H3. The lowest BCUT2D eigenvalue weighted by Gasteiger charge is -2.26. The van der Waals surface area contributed by atoms with Gasteiger partial charge in [0.2, 0.25) is 0 Å². The molecule has 0 radical (unpaired) electrons. The summed E-state index contributed by atoms with van der Waals surface area (Å²) in [4.78, 5) is 4.26. The molecule has 0 aliphatic carbocycles. The number of likely N-dealkylation sites (N-methyl/N-ethyl adjacent to an activating group) is 1. The molecule has 0 fully saturated rings. The summed E-state index contributed by atoms with van der Waals surface area (Å²) in [6, 6.07) is 8.61. The normalized spacial score (nSPS) is 13.6. The van der Waals surface area contributed by atoms with Crippen molar-refractivity contribution >= 4 is 10.8 Å². The van der Waals surface area contributed by atoms with Crippen molar-refractivity contribution in [2.45, 2.75) is 39.3 Å². The summed E-state index contributed by atoms with van der Waals surface area (Å²) in [5.74, 6) is 0. The van der Waals surface area contributed by atoms with Gasteiger partial charge in [-0.2, -0.15) is 0 Å². The molecule has 0 spiro atoms. The van der Waals surface area contributed by atoms with E-state index < -0.39 is 0 Å². The lowest BCUT2D eigenvalue weighted by Crippen LogP contribution is -2.30. The molecule has 0 saturated carbocycles. The second-order valence-electron chi connectivity index (χ2n) is 5.98. The van der Waals surface area contributed by atoms with E-state index in [4.69, 9.17) is 4.74 Å². The number of rotatable bonds is 5. The maximum absolute atomic E-state index is 5.96. The number of nitrogens with zero attached hydrogens (tertiary/aromatic N) is 1. The van der Waals surface area contributed by atoms with Crippen LogP contribution in [0.25, 0.3) is 10.8 Å². The Morgan fingerprint density at radius 3 is 2.75 bits per heavy atom. The molecule has 1 aromatic carbocycles. The molecule has 2 rings (SSSR count). The predicted octanol–water partition coefficient (Wildman–Crippen LogP) is 3.70. The minimum absolute atomic E-state index is 0.128. The molecule has 0 amide bonds. The van der Waals surface area contributed by atoms with Gasteiger partial charge in [0.1, 0.15) is 0 Å². The molecule has 1 heterocycles. The van der Waals surface area contributed by atoms with Crippen molar-refractivity contribution in [2.75, 3.05) is 13.2 Å². The molecule has 20 heavy (non-hydrogen) atoms. The van der Waals surface area contributed by atoms with Crippen LogP contribution < -0.4 is 5.32 Å². The quantitative estimate of drug-likeness (QED) is 0.901. The Labute approximate surface area is 121 Å². The first kappa shape index (κ1) is 14.9. The molecule has 3 heteroatoms. The third kappa shape index (κ3) is 3.78. The second kappa shape index (κ2) is 6.33. The van der Waals surface area contributed by atoms with Crippen molar-refractivity contribution < 1.29 is 4.74 Å². The molecule has 108 valence electrons. The number of aromatic nitrogens is 1. The summed E-state index contributed by atoms with van der Waals surface area (Å²) in [7, 11) is 0. The summed E-state index contributed by atoms with van der Waals surface area (Å²) >= 11 is 0. The van der Waals surface area contributed by atoms with Crippen molar-refractivity contribution in [3.63, 3.8) is 0 Å². The molecular weight excluding hydrogens is 248 g/mol. The van der Waals surface area contributed by atoms with Crippen LogP contribution in [0, 0.1) is 0 Å². The number of benzene rings is 1. The van der Waals surface area contributed by atoms with E-state index in [9.17, 15) is 0 Å². The number of nitrogens with one attached hydrogen (secondary N) is 1. The molecule has 0 aliphatic rings. The molecule has 0 aliphatic heterocycles. The first-order valence-electron chi connectivity index (χ1n) is 7.21. The Balaban J connectivity index is 2.31. The van der Waals surface area contributed by atoms with Gasteiger partial charge >= 0.3 is 0 Å². The minimum Gasteiger partial charge on any atom is -0.374 e. The van der Waals surface area contributed by atoms with Crippen LogP contribution in [0.4, 0.5) is 0 Å². The Bertz CT molecular complexity index is 555. The van der Waals surface area contributed by atoms with E-state index in [0.29, 0.717) is 6.61 Å². The van der Waals surface area contributed by atoms with Crippen LogP contribution >= 0.6 is 0 Å². The fourth-order valence-corrected chi connectivity index (χ4v) is 2.28. The van der Waals surface area contributed by atoms with Crippen LogP contribution in [0.1, 0.15) is 39.3 Å². The van der Waals surface area contributed by atoms with E-state index in [2.05, 4.69) is 56.2 Å². The summed E-state index contributed by atoms with van der Waals surface area (Å²) < 4.78 is 5.96. The highest BCUT2D eigenvalue weighted by molar-refractivity contribution is 5.85. The zero-order chi connectivity index (χ0) is 14.6. The van der Waals surface area contributed by atoms with Crippen molar-refractivity contribution in [1.29, 1.82) is 0 Å². The molecule has 1 N–H and O–H groups in total. The molecule has 0 bridgehead atoms. The van der Waals surface area contributed by atoms with Crippen LogP contribution in [0.15, 0.2) is 36.7 Å². The van der Waals surface area contributed by atoms with Crippen LogP contribution in [0.2, 0.25) is 0 Å². The van der Waals surface area contributed by atoms with Gasteiger partial charge in [-0.15, -0.1) is 0 Å². The van der Waals surface area contributed by atoms with E-state index >= 15 is 0 Å². The lowest BCUT2D eigenvalue weighted by atomic mass is 10.0. The first-order chi connectivity index (χ1) is 9.51. The van der Waals surface area contributed by atoms with E-state index in [0.717, 1.165) is 6.54 Å². The molecule has 2 aromatic rings. The largest absolute Gasteiger partial charge is 0.374 e. The maximum atomic E-state index is 5.96. The average Bonchev–Trinajstić information content (AvgIpc) is 2.42. The Kier molecular flexibility index (Phi) is 4.73. The van der Waals surface area contributed by atoms with Crippen LogP contribution in [-0.2, 0) is 4.74 Å². The molecule has 1 atom stereocenters. The van der Waals surface area contributed by atoms with E-state index in [1.807, 2.05) is 18.5 Å². The number of hydrogen-bond acceptors (Lipinski definition) is 3. The monoisotopic (exact) mass is 272 g/mol. The molecule has 1 unspecified atom stereocenters. The third-order valence-corrected chi connectivity index (χ3v) is 3.23. The van der Waals surface area contributed by atoms with Gasteiger partial charge in [0.05, 0.1) is 18.2 Å². The smallest absolute Gasteiger partial charge is 0.0668 e. The van der Waals surface area contributed by atoms with Crippen LogP contribution in [0.3, 0.4) is 0 Å². The van der Waals surface area contributed by atoms with Gasteiger partial charge in [0.25, 0.3) is 0 Å². The summed E-state index contributed by atoms with van der Waals surface area (Å²) in [5.41, 5.74) is 1.12. The maximum Gasteiger partial charge on any atom is 0.0668 e. The topological polar surface area (TPSA) is 34.1 Å². The molecule has 3 nitrogen and oxygen atoms in total. The minimum atomic E-state index is -0.128. The first-order valence-corrected chi connectivity index (χ1v) is 7.21. The summed E-state index contributed by atoms with van der Waals surface area (Å²) in [6.45, 7) is 9.94. The summed E-state index contributed by atoms with van der Waals surface area (Å²) in [5, 5.41) is 5.92. The number of ether oxygens (including phenoxy) is 1. The van der Waals surface area contributed by atoms with Gasteiger partial charge < -0.3 is 10.1 Å². The second-order valence-corrected chi connectivity index (χ2v) is 5.98. The van der Waals surface area contributed by atoms with E-state index in [1.54, 1.807) is 0 Å². The van der Waals surface area contributed by atoms with Crippen LogP contribution in [0.5, 0.6) is 0 Å². The molecule has 1 aromatic heterocycles. The van der Waals surface area contributed by atoms with Gasteiger partial charge in [-0.05, 0) is 44.3 Å². The zero-order valence-electron chi connectivity index (χ0n) is 12.8. The van der Waals surface area contributed by atoms with Crippen molar-refractivity contribution in [3.05, 3.63) is 42.2 Å². The Morgan fingerprint density at radius 2 is 2.05 bits per heavy atom. The lowest BCUT2D eigenvalue weighted by molar-refractivity contribution is -0.0144. The summed E-state index contributed by atoms with van der Waals surface area (Å²) in [6.07, 6.45) is 3.77. The van der Waals surface area contributed by atoms with Gasteiger partial charge in [0, 0.05) is 17.8 Å². The Morgan fingerprint density at radius 1 is 1.25 bits per heavy atom. The van der Waals surface area contributed by atoms with Crippen molar-refractivity contribution in [3.8, 4) is 0 Å². The van der Waals surface area contributed by atoms with Crippen LogP contribution in [-0.4, -0.2) is 23.7 Å². The van der Waals surface area contributed by atoms with E-state index in [1.165, 1.54) is 16.3 Å². The van der Waals surface area contributed by atoms with E-state index in [-0.39, 0.29) is 11.6 Å². The fourth-order valence-electron chi connectivity index (χ4n) is 2.28. The highest BCUT2D eigenvalue weighted by atomic mass is 16.5. The number of fused-ring (bicyclic) bond motifs is 1. The van der Waals surface area contributed by atoms with Gasteiger partial charge in [0.15, 0.2) is 0 Å². The Hall–Kier alpha value is -1.45. The average molecular weight is 272 g/mol. The third-order valence-electron chi connectivity index (χ3n) is 3.23. The number of pyridine rings is 1. The molecule has 0 saturated heterocycles.